The monoisotopic (exact) mass is 448 g/mol. The van der Waals surface area contributed by atoms with Crippen molar-refractivity contribution in [1.29, 1.82) is 0 Å². The number of carbonyl (C=O) groups excluding carboxylic acids is 1. The Bertz CT molecular complexity index is 1430. The maximum atomic E-state index is 12.9. The van der Waals surface area contributed by atoms with E-state index in [0.717, 1.165) is 32.1 Å². The molecular weight excluding hydrogens is 428 g/mol. The number of nitrogens with one attached hydrogen (secondary N) is 1. The normalized spacial score (nSPS) is 11.2. The molecular formula is C27H20N4OS. The summed E-state index contributed by atoms with van der Waals surface area (Å²) >= 11 is 1.56. The van der Waals surface area contributed by atoms with Crippen molar-refractivity contribution in [3.05, 3.63) is 115 Å². The number of rotatable bonds is 6. The Kier molecular flexibility index (Phi) is 5.99. The van der Waals surface area contributed by atoms with Crippen LogP contribution in [-0.4, -0.2) is 20.7 Å². The van der Waals surface area contributed by atoms with Crippen LogP contribution in [0.2, 0.25) is 0 Å². The average Bonchev–Trinajstić information content (AvgIpc) is 3.26. The van der Waals surface area contributed by atoms with Gasteiger partial charge in [-0.05, 0) is 54.6 Å². The summed E-state index contributed by atoms with van der Waals surface area (Å²) in [4.78, 5) is 19.1. The minimum absolute atomic E-state index is 0.131. The van der Waals surface area contributed by atoms with Crippen LogP contribution >= 0.6 is 11.8 Å². The van der Waals surface area contributed by atoms with E-state index in [0.29, 0.717) is 5.56 Å². The molecule has 0 radical (unpaired) electrons. The second-order valence-electron chi connectivity index (χ2n) is 7.30. The quantitative estimate of drug-likeness (QED) is 0.324. The molecule has 5 nitrogen and oxygen atoms in total. The van der Waals surface area contributed by atoms with Crippen molar-refractivity contribution < 1.29 is 4.79 Å². The van der Waals surface area contributed by atoms with Gasteiger partial charge in [-0.2, -0.15) is 5.10 Å². The highest BCUT2D eigenvalue weighted by Gasteiger charge is 2.13. The Labute approximate surface area is 195 Å². The van der Waals surface area contributed by atoms with Crippen molar-refractivity contribution in [2.24, 2.45) is 0 Å². The molecule has 0 aliphatic heterocycles. The van der Waals surface area contributed by atoms with Crippen molar-refractivity contribution in [2.45, 2.75) is 9.79 Å². The van der Waals surface area contributed by atoms with Crippen molar-refractivity contribution >= 4 is 46.5 Å². The van der Waals surface area contributed by atoms with Crippen LogP contribution in [0.4, 0.5) is 5.69 Å². The molecule has 0 fully saturated rings. The highest BCUT2D eigenvalue weighted by molar-refractivity contribution is 7.99. The number of fused-ring (bicyclic) bond motifs is 1. The van der Waals surface area contributed by atoms with E-state index >= 15 is 0 Å². The number of aromatic nitrogens is 3. The maximum absolute atomic E-state index is 12.9. The van der Waals surface area contributed by atoms with E-state index in [-0.39, 0.29) is 5.91 Å². The van der Waals surface area contributed by atoms with Crippen LogP contribution in [0.1, 0.15) is 16.1 Å². The summed E-state index contributed by atoms with van der Waals surface area (Å²) in [6.45, 7) is 0. The third-order valence-electron chi connectivity index (χ3n) is 5.04. The van der Waals surface area contributed by atoms with Gasteiger partial charge in [-0.3, -0.25) is 9.78 Å². The molecule has 2 heterocycles. The molecule has 160 valence electrons. The lowest BCUT2D eigenvalue weighted by Crippen LogP contribution is -2.12. The molecule has 5 rings (SSSR count). The molecule has 5 aromatic rings. The summed E-state index contributed by atoms with van der Waals surface area (Å²) in [6, 6.07) is 29.1. The van der Waals surface area contributed by atoms with Crippen LogP contribution in [0.3, 0.4) is 0 Å². The summed E-state index contributed by atoms with van der Waals surface area (Å²) in [7, 11) is 0. The third kappa shape index (κ3) is 4.86. The molecule has 33 heavy (non-hydrogen) atoms. The van der Waals surface area contributed by atoms with E-state index < -0.39 is 0 Å². The van der Waals surface area contributed by atoms with Gasteiger partial charge in [0.1, 0.15) is 0 Å². The molecule has 2 aromatic heterocycles. The Balaban J connectivity index is 1.41. The summed E-state index contributed by atoms with van der Waals surface area (Å²) in [6.07, 6.45) is 7.44. The number of carbonyl (C=O) groups is 1. The molecule has 1 amide bonds. The van der Waals surface area contributed by atoms with Crippen LogP contribution in [0.5, 0.6) is 0 Å². The number of anilines is 1. The second-order valence-corrected chi connectivity index (χ2v) is 8.41. The Morgan fingerprint density at radius 1 is 0.909 bits per heavy atom. The summed E-state index contributed by atoms with van der Waals surface area (Å²) < 4.78 is 1.84. The van der Waals surface area contributed by atoms with E-state index in [2.05, 4.69) is 21.5 Å². The zero-order valence-electron chi connectivity index (χ0n) is 17.6. The van der Waals surface area contributed by atoms with Crippen molar-refractivity contribution in [3.8, 4) is 0 Å². The van der Waals surface area contributed by atoms with Crippen LogP contribution in [0, 0.1) is 0 Å². The van der Waals surface area contributed by atoms with Gasteiger partial charge in [0.05, 0.1) is 23.0 Å². The van der Waals surface area contributed by atoms with Crippen LogP contribution in [0.15, 0.2) is 113 Å². The number of benzene rings is 3. The highest BCUT2D eigenvalue weighted by Crippen LogP contribution is 2.33. The van der Waals surface area contributed by atoms with Gasteiger partial charge in [0, 0.05) is 33.3 Å². The molecule has 0 spiro atoms. The number of nitrogens with zero attached hydrogens (tertiary/aromatic N) is 3. The fraction of sp³-hybridized carbons (Fsp3) is 0. The number of hydrogen-bond donors (Lipinski definition) is 1. The zero-order chi connectivity index (χ0) is 22.5. The number of para-hydroxylation sites is 1. The zero-order valence-corrected chi connectivity index (χ0v) is 18.4. The van der Waals surface area contributed by atoms with Crippen LogP contribution in [-0.2, 0) is 0 Å². The fourth-order valence-electron chi connectivity index (χ4n) is 3.41. The van der Waals surface area contributed by atoms with Gasteiger partial charge >= 0.3 is 0 Å². The first-order valence-corrected chi connectivity index (χ1v) is 11.3. The lowest BCUT2D eigenvalue weighted by Gasteiger charge is -2.10. The fourth-order valence-corrected chi connectivity index (χ4v) is 4.39. The third-order valence-corrected chi connectivity index (χ3v) is 6.10. The van der Waals surface area contributed by atoms with Gasteiger partial charge < -0.3 is 5.32 Å². The molecule has 0 saturated heterocycles. The summed E-state index contributed by atoms with van der Waals surface area (Å²) in [5.41, 5.74) is 3.26. The van der Waals surface area contributed by atoms with E-state index in [1.807, 2.05) is 108 Å². The van der Waals surface area contributed by atoms with Gasteiger partial charge in [-0.25, -0.2) is 4.68 Å². The Morgan fingerprint density at radius 3 is 2.58 bits per heavy atom. The largest absolute Gasteiger partial charge is 0.322 e. The lowest BCUT2D eigenvalue weighted by molar-refractivity contribution is 0.102. The first-order chi connectivity index (χ1) is 16.3. The smallest absolute Gasteiger partial charge is 0.256 e. The Hall–Kier alpha value is -4.16. The molecule has 6 heteroatoms. The summed E-state index contributed by atoms with van der Waals surface area (Å²) in [5, 5.41) is 8.49. The molecule has 0 atom stereocenters. The first kappa shape index (κ1) is 20.7. The Morgan fingerprint density at radius 2 is 1.73 bits per heavy atom. The lowest BCUT2D eigenvalue weighted by atomic mass is 10.2. The van der Waals surface area contributed by atoms with Gasteiger partial charge in [0.25, 0.3) is 5.91 Å². The molecule has 0 unspecified atom stereocenters. The molecule has 3 aromatic carbocycles. The SMILES string of the molecule is O=C(Nc1ccccc1)c1ccccc1Sc1ccc2cnn(C=Cc3ccccn3)c2c1. The van der Waals surface area contributed by atoms with E-state index in [4.69, 9.17) is 0 Å². The predicted octanol–water partition coefficient (Wildman–Crippen LogP) is 6.46. The van der Waals surface area contributed by atoms with Crippen molar-refractivity contribution in [3.63, 3.8) is 0 Å². The van der Waals surface area contributed by atoms with Gasteiger partial charge in [0.2, 0.25) is 0 Å². The molecule has 0 saturated carbocycles. The maximum Gasteiger partial charge on any atom is 0.256 e. The van der Waals surface area contributed by atoms with E-state index in [1.54, 1.807) is 18.0 Å². The summed E-state index contributed by atoms with van der Waals surface area (Å²) in [5.74, 6) is -0.131. The standard InChI is InChI=1S/C27H20N4OS/c32-27(30-22-9-2-1-3-10-22)24-11-4-5-12-26(24)33-23-14-13-20-19-29-31(25(20)18-23)17-15-21-8-6-7-16-28-21/h1-19H,(H,30,32). The van der Waals surface area contributed by atoms with E-state index in [9.17, 15) is 4.79 Å². The van der Waals surface area contributed by atoms with Crippen molar-refractivity contribution in [2.75, 3.05) is 5.32 Å². The second kappa shape index (κ2) is 9.54. The predicted molar refractivity (Wildman–Crippen MR) is 134 cm³/mol. The minimum atomic E-state index is -0.131. The number of hydrogen-bond acceptors (Lipinski definition) is 4. The van der Waals surface area contributed by atoms with Crippen LogP contribution in [0.25, 0.3) is 23.2 Å². The minimum Gasteiger partial charge on any atom is -0.322 e. The van der Waals surface area contributed by atoms with Crippen molar-refractivity contribution in [1.82, 2.24) is 14.8 Å². The number of pyridine rings is 1. The molecule has 0 bridgehead atoms. The van der Waals surface area contributed by atoms with Gasteiger partial charge in [-0.1, -0.05) is 54.2 Å². The molecule has 0 aliphatic carbocycles. The molecule has 0 aliphatic rings. The highest BCUT2D eigenvalue weighted by atomic mass is 32.2. The van der Waals surface area contributed by atoms with Gasteiger partial charge in [0.15, 0.2) is 0 Å². The van der Waals surface area contributed by atoms with Gasteiger partial charge in [-0.15, -0.1) is 0 Å². The topological polar surface area (TPSA) is 59.8 Å². The first-order valence-electron chi connectivity index (χ1n) is 10.5. The van der Waals surface area contributed by atoms with E-state index in [1.165, 1.54) is 0 Å². The van der Waals surface area contributed by atoms with Crippen LogP contribution < -0.4 is 5.32 Å². The number of amides is 1. The average molecular weight is 449 g/mol. The molecule has 1 N–H and O–H groups in total.